The molecule has 47 heavy (non-hydrogen) atoms. The number of aldehydes is 1. The van der Waals surface area contributed by atoms with E-state index in [1.54, 1.807) is 0 Å². The van der Waals surface area contributed by atoms with Crippen molar-refractivity contribution in [3.63, 3.8) is 0 Å². The molecular weight excluding hydrogens is 622 g/mol. The van der Waals surface area contributed by atoms with E-state index in [1.165, 1.54) is 0 Å². The lowest BCUT2D eigenvalue weighted by atomic mass is 9.87. The van der Waals surface area contributed by atoms with Crippen LogP contribution in [0.15, 0.2) is 144 Å². The van der Waals surface area contributed by atoms with Crippen molar-refractivity contribution in [3.8, 4) is 16.9 Å². The van der Waals surface area contributed by atoms with Crippen LogP contribution in [0.5, 0.6) is 5.75 Å². The van der Waals surface area contributed by atoms with Gasteiger partial charge in [0.05, 0.1) is 5.30 Å². The highest BCUT2D eigenvalue weighted by Crippen LogP contribution is 2.75. The Labute approximate surface area is 277 Å². The molecule has 1 heterocycles. The average Bonchev–Trinajstić information content (AvgIpc) is 3.13. The lowest BCUT2D eigenvalue weighted by Crippen LogP contribution is -2.34. The van der Waals surface area contributed by atoms with Gasteiger partial charge in [-0.15, -0.1) is 0 Å². The topological polar surface area (TPSA) is 90.6 Å². The Balaban J connectivity index is 1.49. The van der Waals surface area contributed by atoms with Gasteiger partial charge in [0.2, 0.25) is 0 Å². The Hall–Kier alpha value is -4.63. The van der Waals surface area contributed by atoms with E-state index in [-0.39, 0.29) is 8.81 Å². The molecule has 0 saturated carbocycles. The molecule has 0 spiro atoms. The highest BCUT2D eigenvalue weighted by molar-refractivity contribution is 7.76. The highest BCUT2D eigenvalue weighted by Gasteiger charge is 2.58. The van der Waals surface area contributed by atoms with E-state index in [4.69, 9.17) is 14.8 Å². The molecule has 8 heteroatoms. The molecule has 0 saturated heterocycles. The van der Waals surface area contributed by atoms with Crippen molar-refractivity contribution in [1.29, 1.82) is 0 Å². The minimum Gasteiger partial charge on any atom is -0.475 e. The first kappa shape index (κ1) is 31.0. The molecule has 6 nitrogen and oxygen atoms in total. The maximum absolute atomic E-state index is 16.4. The highest BCUT2D eigenvalue weighted by atomic mass is 31.2. The number of hydrogen-bond acceptors (Lipinski definition) is 6. The summed E-state index contributed by atoms with van der Waals surface area (Å²) in [6.45, 7) is 0. The van der Waals surface area contributed by atoms with Crippen LogP contribution in [0.1, 0.15) is 36.8 Å². The minimum absolute atomic E-state index is 0.370. The molecule has 3 atom stereocenters. The number of nitrogens with two attached hydrogens (primary N) is 1. The molecular formula is C39H36N2O4P2. The van der Waals surface area contributed by atoms with Gasteiger partial charge in [0.1, 0.15) is 26.6 Å². The third kappa shape index (κ3) is 5.36. The standard InChI is InChI=1S/C39H36N2O4P2/c1-41-31-24-20-29(21-25-31)39(28-18-22-30(40)23-19-28,46-44-36-15-7-4-12-33(36)32-11-3-2-10-27(32)26-42)47(43)38-17-9-6-14-35(38)34-13-5-8-16-37(34)45-47/h2,5-10,13-26,41,46H,3-4,11-12,40H2,1H3. The second kappa shape index (κ2) is 12.9. The number of fused-ring (bicyclic) bond motifs is 3. The third-order valence-corrected chi connectivity index (χ3v) is 14.4. The van der Waals surface area contributed by atoms with Crippen molar-refractivity contribution < 1.29 is 18.4 Å². The summed E-state index contributed by atoms with van der Waals surface area (Å²) in [6.07, 6.45) is 12.2. The fraction of sp³-hybridized carbons (Fsp3) is 0.154. The van der Waals surface area contributed by atoms with Crippen LogP contribution in [0.2, 0.25) is 0 Å². The van der Waals surface area contributed by atoms with E-state index < -0.39 is 12.3 Å². The fourth-order valence-corrected chi connectivity index (χ4v) is 11.7. The van der Waals surface area contributed by atoms with Gasteiger partial charge in [-0.1, -0.05) is 78.9 Å². The number of allylic oxidation sites excluding steroid dienone is 7. The first-order chi connectivity index (χ1) is 23.0. The molecule has 0 bridgehead atoms. The number of benzene rings is 4. The van der Waals surface area contributed by atoms with Gasteiger partial charge in [-0.3, -0.25) is 9.36 Å². The van der Waals surface area contributed by atoms with Crippen LogP contribution in [-0.2, 0) is 18.8 Å². The van der Waals surface area contributed by atoms with E-state index >= 15 is 4.57 Å². The summed E-state index contributed by atoms with van der Waals surface area (Å²) in [4.78, 5) is 10.8. The summed E-state index contributed by atoms with van der Waals surface area (Å²) in [7, 11) is -2.39. The van der Waals surface area contributed by atoms with Gasteiger partial charge in [0, 0.05) is 29.6 Å². The average molecular weight is 659 g/mol. The number of hydrogen-bond donors (Lipinski definition) is 2. The van der Waals surface area contributed by atoms with Crippen LogP contribution >= 0.6 is 16.2 Å². The molecule has 3 unspecified atom stereocenters. The van der Waals surface area contributed by atoms with Crippen molar-refractivity contribution in [2.24, 2.45) is 0 Å². The first-order valence-electron chi connectivity index (χ1n) is 15.8. The van der Waals surface area contributed by atoms with Gasteiger partial charge in [-0.05, 0) is 96.0 Å². The van der Waals surface area contributed by atoms with Gasteiger partial charge >= 0.3 is 0 Å². The molecule has 4 aromatic carbocycles. The summed E-state index contributed by atoms with van der Waals surface area (Å²) >= 11 is 0. The number of carbonyl (C=O) groups excluding carboxylic acids is 1. The Morgan fingerprint density at radius 3 is 2.19 bits per heavy atom. The zero-order valence-electron chi connectivity index (χ0n) is 26.1. The van der Waals surface area contributed by atoms with Crippen LogP contribution in [0.3, 0.4) is 0 Å². The Bertz CT molecular complexity index is 2010. The van der Waals surface area contributed by atoms with Crippen molar-refractivity contribution in [3.05, 3.63) is 155 Å². The molecule has 7 rings (SSSR count). The van der Waals surface area contributed by atoms with E-state index in [9.17, 15) is 4.79 Å². The quantitative estimate of drug-likeness (QED) is 0.106. The lowest BCUT2D eigenvalue weighted by Gasteiger charge is -2.43. The maximum atomic E-state index is 16.4. The number of rotatable bonds is 9. The van der Waals surface area contributed by atoms with Crippen molar-refractivity contribution in [2.45, 2.75) is 30.6 Å². The largest absolute Gasteiger partial charge is 0.475 e. The number of carbonyl (C=O) groups is 1. The molecule has 0 radical (unpaired) electrons. The van der Waals surface area contributed by atoms with Gasteiger partial charge in [0.25, 0.3) is 7.37 Å². The summed E-state index contributed by atoms with van der Waals surface area (Å²) in [6, 6.07) is 31.1. The SMILES string of the molecule is CNc1ccc(C(POC2=C(C3=C(C=O)C=CCC3)CCC=C2)(c2ccc(N)cc2)P2(=O)Oc3ccccc3-c3ccccc32)cc1. The molecule has 3 N–H and O–H groups in total. The van der Waals surface area contributed by atoms with Crippen LogP contribution in [-0.4, -0.2) is 13.3 Å². The predicted molar refractivity (Wildman–Crippen MR) is 194 cm³/mol. The normalized spacial score (nSPS) is 19.9. The van der Waals surface area contributed by atoms with Crippen LogP contribution in [0.25, 0.3) is 11.1 Å². The minimum atomic E-state index is -3.90. The monoisotopic (exact) mass is 658 g/mol. The van der Waals surface area contributed by atoms with Crippen molar-refractivity contribution in [1.82, 2.24) is 0 Å². The molecule has 0 fully saturated rings. The van der Waals surface area contributed by atoms with Crippen molar-refractivity contribution in [2.75, 3.05) is 18.1 Å². The lowest BCUT2D eigenvalue weighted by molar-refractivity contribution is -0.104. The molecule has 1 aliphatic heterocycles. The van der Waals surface area contributed by atoms with Crippen LogP contribution in [0.4, 0.5) is 11.4 Å². The Morgan fingerprint density at radius 1 is 0.830 bits per heavy atom. The van der Waals surface area contributed by atoms with Crippen LogP contribution < -0.4 is 20.9 Å². The number of nitrogen functional groups attached to an aromatic ring is 1. The Kier molecular flexibility index (Phi) is 8.49. The fourth-order valence-electron chi connectivity index (χ4n) is 6.73. The second-order valence-corrected chi connectivity index (χ2v) is 15.8. The second-order valence-electron chi connectivity index (χ2n) is 11.8. The van der Waals surface area contributed by atoms with E-state index in [1.807, 2.05) is 122 Å². The summed E-state index contributed by atoms with van der Waals surface area (Å²) in [5.74, 6) is 1.27. The van der Waals surface area contributed by atoms with E-state index in [0.29, 0.717) is 28.1 Å². The summed E-state index contributed by atoms with van der Waals surface area (Å²) in [5, 5.41) is 3.84. The smallest absolute Gasteiger partial charge is 0.299 e. The number of nitrogens with one attached hydrogen (secondary N) is 1. The molecule has 3 aliphatic rings. The number of anilines is 2. The first-order valence-corrected chi connectivity index (χ1v) is 18.3. The van der Waals surface area contributed by atoms with Gasteiger partial charge in [0.15, 0.2) is 4.90 Å². The molecule has 2 aliphatic carbocycles. The molecule has 4 aromatic rings. The number of para-hydroxylation sites is 1. The summed E-state index contributed by atoms with van der Waals surface area (Å²) < 4.78 is 30.2. The van der Waals surface area contributed by atoms with Crippen LogP contribution in [0, 0.1) is 0 Å². The maximum Gasteiger partial charge on any atom is 0.299 e. The third-order valence-electron chi connectivity index (χ3n) is 9.12. The summed E-state index contributed by atoms with van der Waals surface area (Å²) in [5.41, 5.74) is 13.8. The van der Waals surface area contributed by atoms with Gasteiger partial charge in [-0.25, -0.2) is 0 Å². The van der Waals surface area contributed by atoms with E-state index in [2.05, 4.69) is 11.4 Å². The molecule has 0 aromatic heterocycles. The van der Waals surface area contributed by atoms with Gasteiger partial charge < -0.3 is 20.1 Å². The zero-order valence-corrected chi connectivity index (χ0v) is 28.0. The predicted octanol–water partition coefficient (Wildman–Crippen LogP) is 9.23. The Morgan fingerprint density at radius 2 is 1.47 bits per heavy atom. The van der Waals surface area contributed by atoms with Crippen molar-refractivity contribution >= 4 is 39.1 Å². The zero-order chi connectivity index (χ0) is 32.4. The molecule has 236 valence electrons. The van der Waals surface area contributed by atoms with E-state index in [0.717, 1.165) is 71.1 Å². The molecule has 0 amide bonds. The van der Waals surface area contributed by atoms with Gasteiger partial charge in [-0.2, -0.15) is 0 Å².